The van der Waals surface area contributed by atoms with Crippen molar-refractivity contribution in [2.75, 3.05) is 6.61 Å². The zero-order valence-corrected chi connectivity index (χ0v) is 14.4. The lowest BCUT2D eigenvalue weighted by molar-refractivity contribution is -0.109. The van der Waals surface area contributed by atoms with Crippen molar-refractivity contribution in [2.45, 2.75) is 20.8 Å². The summed E-state index contributed by atoms with van der Waals surface area (Å²) in [5.74, 6) is 1.59. The number of halogens is 1. The van der Waals surface area contributed by atoms with Crippen molar-refractivity contribution in [3.63, 3.8) is 0 Å². The molecule has 0 bridgehead atoms. The van der Waals surface area contributed by atoms with Crippen LogP contribution in [-0.2, 0) is 4.79 Å². The van der Waals surface area contributed by atoms with E-state index in [0.717, 1.165) is 16.8 Å². The van der Waals surface area contributed by atoms with Crippen LogP contribution in [0.25, 0.3) is 0 Å². The molecule has 5 nitrogen and oxygen atoms in total. The van der Waals surface area contributed by atoms with Gasteiger partial charge in [-0.25, -0.2) is 5.43 Å². The van der Waals surface area contributed by atoms with Crippen LogP contribution in [0.2, 0.25) is 0 Å². The molecule has 0 aliphatic heterocycles. The van der Waals surface area contributed by atoms with Gasteiger partial charge in [-0.15, -0.1) is 0 Å². The van der Waals surface area contributed by atoms with Crippen LogP contribution in [0.15, 0.2) is 44.5 Å². The first-order valence-corrected chi connectivity index (χ1v) is 7.53. The predicted molar refractivity (Wildman–Crippen MR) is 90.3 cm³/mol. The Morgan fingerprint density at radius 1 is 1.32 bits per heavy atom. The zero-order valence-electron chi connectivity index (χ0n) is 12.8. The van der Waals surface area contributed by atoms with E-state index >= 15 is 0 Å². The van der Waals surface area contributed by atoms with Crippen molar-refractivity contribution in [3.8, 4) is 5.75 Å². The molecule has 2 rings (SSSR count). The number of nitrogens with zero attached hydrogens (tertiary/aromatic N) is 1. The molecule has 6 heteroatoms. The summed E-state index contributed by atoms with van der Waals surface area (Å²) in [5, 5.41) is 3.50. The molecule has 1 heterocycles. The lowest BCUT2D eigenvalue weighted by Crippen LogP contribution is -1.99. The second kappa shape index (κ2) is 9.78. The number of hydrogen-bond donors (Lipinski definition) is 1. The number of rotatable bonds is 5. The largest absolute Gasteiger partial charge is 0.494 e. The molecular formula is C16H19BrN2O3. The first-order chi connectivity index (χ1) is 10.6. The van der Waals surface area contributed by atoms with Gasteiger partial charge in [0.05, 0.1) is 19.1 Å². The van der Waals surface area contributed by atoms with E-state index < -0.39 is 0 Å². The van der Waals surface area contributed by atoms with Gasteiger partial charge in [0.15, 0.2) is 0 Å². The number of carbonyl (C=O) groups excluding carboxylic acids is 1. The molecule has 0 atom stereocenters. The second-order valence-corrected chi connectivity index (χ2v) is 5.10. The van der Waals surface area contributed by atoms with Crippen molar-refractivity contribution in [2.24, 2.45) is 5.10 Å². The van der Waals surface area contributed by atoms with Gasteiger partial charge in [0.25, 0.3) is 0 Å². The average Bonchev–Trinajstić information content (AvgIpc) is 3.02. The molecule has 0 saturated carbocycles. The molecule has 0 fully saturated rings. The Balaban J connectivity index is 0.000000224. The summed E-state index contributed by atoms with van der Waals surface area (Å²) >= 11 is 3.48. The van der Waals surface area contributed by atoms with Gasteiger partial charge in [-0.1, -0.05) is 15.9 Å². The van der Waals surface area contributed by atoms with E-state index in [1.807, 2.05) is 19.1 Å². The Bertz CT molecular complexity index is 610. The summed E-state index contributed by atoms with van der Waals surface area (Å²) in [4.78, 5) is 9.68. The SMILES string of the molecule is CCOc1ccc(Br)c(C)c1C.O=CN/N=C/c1ccco1. The number of furan rings is 1. The van der Waals surface area contributed by atoms with E-state index in [-0.39, 0.29) is 0 Å². The van der Waals surface area contributed by atoms with Crippen LogP contribution >= 0.6 is 15.9 Å². The van der Waals surface area contributed by atoms with Crippen LogP contribution in [0.4, 0.5) is 0 Å². The summed E-state index contributed by atoms with van der Waals surface area (Å²) in [6.45, 7) is 6.88. The van der Waals surface area contributed by atoms with Crippen molar-refractivity contribution >= 4 is 28.6 Å². The van der Waals surface area contributed by atoms with E-state index in [9.17, 15) is 4.79 Å². The maximum atomic E-state index is 9.68. The van der Waals surface area contributed by atoms with E-state index in [1.165, 1.54) is 23.6 Å². The van der Waals surface area contributed by atoms with E-state index in [0.29, 0.717) is 12.2 Å². The number of benzene rings is 1. The fourth-order valence-electron chi connectivity index (χ4n) is 1.57. The van der Waals surface area contributed by atoms with Gasteiger partial charge in [-0.05, 0) is 56.2 Å². The number of hydrogen-bond acceptors (Lipinski definition) is 4. The molecule has 0 spiro atoms. The molecule has 0 unspecified atom stereocenters. The highest BCUT2D eigenvalue weighted by Crippen LogP contribution is 2.27. The number of carbonyl (C=O) groups is 1. The Morgan fingerprint density at radius 3 is 2.68 bits per heavy atom. The fraction of sp³-hybridized carbons (Fsp3) is 0.250. The summed E-state index contributed by atoms with van der Waals surface area (Å²) < 4.78 is 11.5. The molecule has 1 aromatic heterocycles. The molecule has 1 amide bonds. The molecule has 2 aromatic rings. The monoisotopic (exact) mass is 366 g/mol. The summed E-state index contributed by atoms with van der Waals surface area (Å²) in [6, 6.07) is 7.49. The molecule has 1 aromatic carbocycles. The van der Waals surface area contributed by atoms with Crippen LogP contribution < -0.4 is 10.2 Å². The quantitative estimate of drug-likeness (QED) is 0.496. The summed E-state index contributed by atoms with van der Waals surface area (Å²) in [5.41, 5.74) is 4.58. The van der Waals surface area contributed by atoms with Gasteiger partial charge < -0.3 is 9.15 Å². The third-order valence-corrected chi connectivity index (χ3v) is 3.69. The Labute approximate surface area is 138 Å². The minimum atomic E-state index is 0.486. The van der Waals surface area contributed by atoms with Gasteiger partial charge in [0.2, 0.25) is 6.41 Å². The van der Waals surface area contributed by atoms with Crippen molar-refractivity contribution < 1.29 is 13.9 Å². The normalized spacial score (nSPS) is 10.0. The smallest absolute Gasteiger partial charge is 0.227 e. The molecule has 1 N–H and O–H groups in total. The van der Waals surface area contributed by atoms with Gasteiger partial charge >= 0.3 is 0 Å². The van der Waals surface area contributed by atoms with E-state index in [2.05, 4.69) is 40.3 Å². The molecule has 0 radical (unpaired) electrons. The molecular weight excluding hydrogens is 348 g/mol. The highest BCUT2D eigenvalue weighted by atomic mass is 79.9. The highest BCUT2D eigenvalue weighted by molar-refractivity contribution is 9.10. The van der Waals surface area contributed by atoms with Gasteiger partial charge in [-0.3, -0.25) is 4.79 Å². The predicted octanol–water partition coefficient (Wildman–Crippen LogP) is 3.82. The molecule has 0 aliphatic rings. The number of ether oxygens (including phenoxy) is 1. The van der Waals surface area contributed by atoms with Gasteiger partial charge in [-0.2, -0.15) is 5.10 Å². The van der Waals surface area contributed by atoms with Crippen LogP contribution in [0.3, 0.4) is 0 Å². The third-order valence-electron chi connectivity index (χ3n) is 2.83. The van der Waals surface area contributed by atoms with Crippen molar-refractivity contribution in [3.05, 3.63) is 51.9 Å². The Kier molecular flexibility index (Phi) is 7.99. The van der Waals surface area contributed by atoms with Crippen molar-refractivity contribution in [1.29, 1.82) is 0 Å². The maximum absolute atomic E-state index is 9.68. The van der Waals surface area contributed by atoms with E-state index in [1.54, 1.807) is 12.1 Å². The van der Waals surface area contributed by atoms with Crippen LogP contribution in [0.5, 0.6) is 5.75 Å². The molecule has 0 aliphatic carbocycles. The second-order valence-electron chi connectivity index (χ2n) is 4.25. The first kappa shape index (κ1) is 18.0. The van der Waals surface area contributed by atoms with E-state index in [4.69, 9.17) is 9.15 Å². The maximum Gasteiger partial charge on any atom is 0.227 e. The molecule has 22 heavy (non-hydrogen) atoms. The van der Waals surface area contributed by atoms with Gasteiger partial charge in [0.1, 0.15) is 11.5 Å². The number of hydrazone groups is 1. The Hall–Kier alpha value is -2.08. The summed E-state index contributed by atoms with van der Waals surface area (Å²) in [6.07, 6.45) is 3.43. The van der Waals surface area contributed by atoms with Crippen molar-refractivity contribution in [1.82, 2.24) is 5.43 Å². The lowest BCUT2D eigenvalue weighted by atomic mass is 10.1. The third kappa shape index (κ3) is 5.73. The highest BCUT2D eigenvalue weighted by Gasteiger charge is 2.03. The zero-order chi connectivity index (χ0) is 16.4. The first-order valence-electron chi connectivity index (χ1n) is 6.74. The average molecular weight is 367 g/mol. The molecule has 0 saturated heterocycles. The number of amides is 1. The molecule has 118 valence electrons. The minimum Gasteiger partial charge on any atom is -0.494 e. The number of nitrogens with one attached hydrogen (secondary N) is 1. The van der Waals surface area contributed by atoms with Crippen LogP contribution in [-0.4, -0.2) is 19.2 Å². The van der Waals surface area contributed by atoms with Crippen LogP contribution in [0.1, 0.15) is 23.8 Å². The van der Waals surface area contributed by atoms with Gasteiger partial charge in [0, 0.05) is 4.47 Å². The Morgan fingerprint density at radius 2 is 2.09 bits per heavy atom. The fourth-order valence-corrected chi connectivity index (χ4v) is 2.00. The standard InChI is InChI=1S/C10H13BrO.C6H6N2O2/c1-4-12-10-6-5-9(11)7(2)8(10)3;9-5-8-7-4-6-2-1-3-10-6/h5-6H,4H2,1-3H3;1-5H,(H,8,9)/b;7-4+. The topological polar surface area (TPSA) is 63.8 Å². The lowest BCUT2D eigenvalue weighted by Gasteiger charge is -2.10. The summed E-state index contributed by atoms with van der Waals surface area (Å²) in [7, 11) is 0. The minimum absolute atomic E-state index is 0.486. The van der Waals surface area contributed by atoms with Crippen LogP contribution in [0, 0.1) is 13.8 Å².